The smallest absolute Gasteiger partial charge is 0.0670 e. The van der Waals surface area contributed by atoms with Crippen LogP contribution in [0, 0.1) is 11.3 Å². The highest BCUT2D eigenvalue weighted by molar-refractivity contribution is 6.44. The first-order valence-electron chi connectivity index (χ1n) is 5.34. The standard InChI is InChI=1S/C14H7Cl4N/c15-11-7-13(17)12(16)6-10(11)9-3-1-2-8(4-5-19)14(9)18/h1-3,6-7H,4H2. The Labute approximate surface area is 131 Å². The second-order valence-electron chi connectivity index (χ2n) is 3.86. The average molecular weight is 331 g/mol. The van der Waals surface area contributed by atoms with Gasteiger partial charge in [0.05, 0.1) is 32.6 Å². The van der Waals surface area contributed by atoms with Crippen LogP contribution >= 0.6 is 46.4 Å². The average Bonchev–Trinajstić information content (AvgIpc) is 2.37. The fourth-order valence-corrected chi connectivity index (χ4v) is 2.68. The summed E-state index contributed by atoms with van der Waals surface area (Å²) in [4.78, 5) is 0. The Balaban J connectivity index is 2.63. The molecule has 0 aliphatic heterocycles. The van der Waals surface area contributed by atoms with Crippen molar-refractivity contribution in [1.82, 2.24) is 0 Å². The van der Waals surface area contributed by atoms with E-state index >= 15 is 0 Å². The number of benzene rings is 2. The minimum absolute atomic E-state index is 0.242. The summed E-state index contributed by atoms with van der Waals surface area (Å²) in [5.74, 6) is 0. The molecule has 0 aliphatic carbocycles. The molecule has 1 nitrogen and oxygen atoms in total. The van der Waals surface area contributed by atoms with Gasteiger partial charge in [-0.3, -0.25) is 0 Å². The number of nitriles is 1. The molecule has 19 heavy (non-hydrogen) atoms. The van der Waals surface area contributed by atoms with Gasteiger partial charge >= 0.3 is 0 Å². The summed E-state index contributed by atoms with van der Waals surface area (Å²) in [7, 11) is 0. The first kappa shape index (κ1) is 14.5. The molecule has 0 heterocycles. The van der Waals surface area contributed by atoms with Crippen molar-refractivity contribution in [2.75, 3.05) is 0 Å². The van der Waals surface area contributed by atoms with Crippen LogP contribution in [-0.4, -0.2) is 0 Å². The normalized spacial score (nSPS) is 10.3. The van der Waals surface area contributed by atoms with Crippen LogP contribution in [-0.2, 0) is 6.42 Å². The molecule has 0 saturated heterocycles. The van der Waals surface area contributed by atoms with Crippen molar-refractivity contribution < 1.29 is 0 Å². The lowest BCUT2D eigenvalue weighted by atomic mass is 10.0. The molecule has 0 amide bonds. The molecule has 0 saturated carbocycles. The van der Waals surface area contributed by atoms with E-state index in [4.69, 9.17) is 51.7 Å². The lowest BCUT2D eigenvalue weighted by Gasteiger charge is -2.10. The fraction of sp³-hybridized carbons (Fsp3) is 0.0714. The van der Waals surface area contributed by atoms with E-state index in [0.29, 0.717) is 25.7 Å². The number of nitrogens with zero attached hydrogens (tertiary/aromatic N) is 1. The third-order valence-electron chi connectivity index (χ3n) is 2.65. The Kier molecular flexibility index (Phi) is 4.60. The highest BCUT2D eigenvalue weighted by Gasteiger charge is 2.13. The van der Waals surface area contributed by atoms with E-state index in [2.05, 4.69) is 6.07 Å². The summed E-state index contributed by atoms with van der Waals surface area (Å²) in [5, 5.41) is 10.5. The molecule has 0 fully saturated rings. The molecule has 0 N–H and O–H groups in total. The second-order valence-corrected chi connectivity index (χ2v) is 5.46. The van der Waals surface area contributed by atoms with Crippen molar-refractivity contribution in [3.8, 4) is 17.2 Å². The van der Waals surface area contributed by atoms with Crippen molar-refractivity contribution in [3.63, 3.8) is 0 Å². The quantitative estimate of drug-likeness (QED) is 0.616. The van der Waals surface area contributed by atoms with Crippen LogP contribution in [0.3, 0.4) is 0 Å². The summed E-state index contributed by atoms with van der Waals surface area (Å²) < 4.78 is 0. The van der Waals surface area contributed by atoms with Gasteiger partial charge in [0.15, 0.2) is 0 Å². The predicted molar refractivity (Wildman–Crippen MR) is 81.2 cm³/mol. The van der Waals surface area contributed by atoms with E-state index in [1.165, 1.54) is 0 Å². The van der Waals surface area contributed by atoms with Crippen molar-refractivity contribution in [2.24, 2.45) is 0 Å². The maximum absolute atomic E-state index is 8.77. The van der Waals surface area contributed by atoms with Crippen molar-refractivity contribution in [2.45, 2.75) is 6.42 Å². The van der Waals surface area contributed by atoms with Crippen molar-refractivity contribution in [3.05, 3.63) is 56.0 Å². The van der Waals surface area contributed by atoms with Crippen LogP contribution in [0.25, 0.3) is 11.1 Å². The van der Waals surface area contributed by atoms with Crippen LogP contribution in [0.2, 0.25) is 20.1 Å². The Bertz CT molecular complexity index is 674. The molecule has 0 radical (unpaired) electrons. The predicted octanol–water partition coefficient (Wildman–Crippen LogP) is 6.03. The zero-order chi connectivity index (χ0) is 14.0. The molecule has 0 aliphatic rings. The molecule has 0 atom stereocenters. The molecule has 96 valence electrons. The SMILES string of the molecule is N#CCc1cccc(-c2cc(Cl)c(Cl)cc2Cl)c1Cl. The molecule has 2 rings (SSSR count). The molecular weight excluding hydrogens is 324 g/mol. The van der Waals surface area contributed by atoms with E-state index in [-0.39, 0.29) is 6.42 Å². The number of hydrogen-bond donors (Lipinski definition) is 0. The minimum atomic E-state index is 0.242. The Hall–Kier alpha value is -0.910. The number of rotatable bonds is 2. The number of hydrogen-bond acceptors (Lipinski definition) is 1. The molecule has 0 spiro atoms. The van der Waals surface area contributed by atoms with E-state index in [1.807, 2.05) is 12.1 Å². The van der Waals surface area contributed by atoms with Gasteiger partial charge in [0.1, 0.15) is 0 Å². The molecule has 2 aromatic rings. The van der Waals surface area contributed by atoms with E-state index in [0.717, 1.165) is 11.1 Å². The van der Waals surface area contributed by atoms with Gasteiger partial charge in [-0.1, -0.05) is 64.6 Å². The van der Waals surface area contributed by atoms with Gasteiger partial charge in [0.2, 0.25) is 0 Å². The largest absolute Gasteiger partial charge is 0.198 e. The molecule has 0 aromatic heterocycles. The van der Waals surface area contributed by atoms with Gasteiger partial charge in [0, 0.05) is 11.1 Å². The molecule has 5 heteroatoms. The maximum Gasteiger partial charge on any atom is 0.0670 e. The zero-order valence-corrected chi connectivity index (χ0v) is 12.6. The molecular formula is C14H7Cl4N. The molecule has 0 unspecified atom stereocenters. The van der Waals surface area contributed by atoms with Gasteiger partial charge < -0.3 is 0 Å². The third-order valence-corrected chi connectivity index (χ3v) is 4.13. The zero-order valence-electron chi connectivity index (χ0n) is 9.55. The van der Waals surface area contributed by atoms with Crippen LogP contribution < -0.4 is 0 Å². The van der Waals surface area contributed by atoms with Crippen LogP contribution in [0.5, 0.6) is 0 Å². The first-order valence-corrected chi connectivity index (χ1v) is 6.85. The van der Waals surface area contributed by atoms with E-state index < -0.39 is 0 Å². The summed E-state index contributed by atoms with van der Waals surface area (Å²) >= 11 is 24.4. The lowest BCUT2D eigenvalue weighted by Crippen LogP contribution is -1.88. The van der Waals surface area contributed by atoms with E-state index in [1.54, 1.807) is 18.2 Å². The van der Waals surface area contributed by atoms with E-state index in [9.17, 15) is 0 Å². The second kappa shape index (κ2) is 6.03. The summed E-state index contributed by atoms with van der Waals surface area (Å²) in [6.07, 6.45) is 0.242. The van der Waals surface area contributed by atoms with Gasteiger partial charge in [-0.15, -0.1) is 0 Å². The van der Waals surface area contributed by atoms with Gasteiger partial charge in [-0.05, 0) is 17.7 Å². The minimum Gasteiger partial charge on any atom is -0.198 e. The number of halogens is 4. The third kappa shape index (κ3) is 2.99. The maximum atomic E-state index is 8.77. The van der Waals surface area contributed by atoms with Crippen LogP contribution in [0.4, 0.5) is 0 Å². The summed E-state index contributed by atoms with van der Waals surface area (Å²) in [5.41, 5.74) is 2.18. The van der Waals surface area contributed by atoms with Crippen molar-refractivity contribution in [1.29, 1.82) is 5.26 Å². The molecule has 2 aromatic carbocycles. The topological polar surface area (TPSA) is 23.8 Å². The van der Waals surface area contributed by atoms with Crippen LogP contribution in [0.15, 0.2) is 30.3 Å². The van der Waals surface area contributed by atoms with Crippen molar-refractivity contribution >= 4 is 46.4 Å². The first-order chi connectivity index (χ1) is 9.04. The van der Waals surface area contributed by atoms with Crippen LogP contribution in [0.1, 0.15) is 5.56 Å². The highest BCUT2D eigenvalue weighted by atomic mass is 35.5. The van der Waals surface area contributed by atoms with Gasteiger partial charge in [-0.25, -0.2) is 0 Å². The fourth-order valence-electron chi connectivity index (χ4n) is 1.74. The molecule has 0 bridgehead atoms. The summed E-state index contributed by atoms with van der Waals surface area (Å²) in [6, 6.07) is 10.8. The Morgan fingerprint density at radius 2 is 1.58 bits per heavy atom. The highest BCUT2D eigenvalue weighted by Crippen LogP contribution is 2.39. The van der Waals surface area contributed by atoms with Gasteiger partial charge in [-0.2, -0.15) is 5.26 Å². The van der Waals surface area contributed by atoms with Gasteiger partial charge in [0.25, 0.3) is 0 Å². The Morgan fingerprint density at radius 3 is 2.26 bits per heavy atom. The monoisotopic (exact) mass is 329 g/mol. The lowest BCUT2D eigenvalue weighted by molar-refractivity contribution is 1.26. The Morgan fingerprint density at radius 1 is 0.895 bits per heavy atom. The summed E-state index contributed by atoms with van der Waals surface area (Å²) in [6.45, 7) is 0.